The summed E-state index contributed by atoms with van der Waals surface area (Å²) in [6, 6.07) is 2.64. The lowest BCUT2D eigenvalue weighted by Gasteiger charge is -2.16. The van der Waals surface area contributed by atoms with Crippen LogP contribution in [0.2, 0.25) is 0 Å². The van der Waals surface area contributed by atoms with Crippen molar-refractivity contribution in [3.05, 3.63) is 28.5 Å². The maximum atomic E-state index is 13.1. The minimum Gasteiger partial charge on any atom is -0.481 e. The van der Waals surface area contributed by atoms with Crippen molar-refractivity contribution >= 4 is 33.6 Å². The molecule has 2 rings (SSSR count). The Balaban J connectivity index is 1.99. The fraction of sp³-hybridized carbons (Fsp3) is 0.333. The van der Waals surface area contributed by atoms with Crippen molar-refractivity contribution in [3.8, 4) is 0 Å². The molecule has 1 aliphatic rings. The van der Waals surface area contributed by atoms with Gasteiger partial charge in [-0.2, -0.15) is 0 Å². The first kappa shape index (κ1) is 14.7. The Bertz CT molecular complexity index is 540. The molecule has 0 aromatic heterocycles. The lowest BCUT2D eigenvalue weighted by molar-refractivity contribution is -0.142. The summed E-state index contributed by atoms with van der Waals surface area (Å²) in [6.45, 7) is 0.193. The smallest absolute Gasteiger partial charge is 0.319 e. The van der Waals surface area contributed by atoms with E-state index in [0.29, 0.717) is 4.47 Å². The van der Waals surface area contributed by atoms with Gasteiger partial charge in [-0.15, -0.1) is 0 Å². The molecule has 2 unspecified atom stereocenters. The molecule has 0 spiro atoms. The molecular weight excluding hydrogens is 335 g/mol. The van der Waals surface area contributed by atoms with Crippen LogP contribution in [0.25, 0.3) is 0 Å². The van der Waals surface area contributed by atoms with Gasteiger partial charge in [-0.1, -0.05) is 0 Å². The normalized spacial score (nSPS) is 21.5. The number of ether oxygens (including phenoxy) is 1. The second-order valence-electron chi connectivity index (χ2n) is 4.31. The summed E-state index contributed by atoms with van der Waals surface area (Å²) in [6.07, 6.45) is 0. The summed E-state index contributed by atoms with van der Waals surface area (Å²) >= 11 is 3.18. The quantitative estimate of drug-likeness (QED) is 0.778. The fourth-order valence-corrected chi connectivity index (χ4v) is 2.21. The van der Waals surface area contributed by atoms with E-state index in [1.807, 2.05) is 0 Å². The molecule has 1 fully saturated rings. The first-order valence-electron chi connectivity index (χ1n) is 5.80. The minimum atomic E-state index is -1.03. The van der Waals surface area contributed by atoms with E-state index < -0.39 is 29.8 Å². The highest BCUT2D eigenvalue weighted by atomic mass is 79.9. The van der Waals surface area contributed by atoms with Gasteiger partial charge in [-0.25, -0.2) is 9.18 Å². The highest BCUT2D eigenvalue weighted by Gasteiger charge is 2.35. The summed E-state index contributed by atoms with van der Waals surface area (Å²) in [5, 5.41) is 13.9. The Morgan fingerprint density at radius 1 is 1.40 bits per heavy atom. The largest absolute Gasteiger partial charge is 0.481 e. The van der Waals surface area contributed by atoms with Gasteiger partial charge in [0.25, 0.3) is 0 Å². The maximum absolute atomic E-state index is 13.1. The van der Waals surface area contributed by atoms with Gasteiger partial charge in [0, 0.05) is 4.47 Å². The van der Waals surface area contributed by atoms with Crippen LogP contribution in [0, 0.1) is 11.7 Å². The molecule has 0 bridgehead atoms. The van der Waals surface area contributed by atoms with Crippen molar-refractivity contribution < 1.29 is 23.8 Å². The zero-order chi connectivity index (χ0) is 14.7. The van der Waals surface area contributed by atoms with Crippen molar-refractivity contribution in [2.75, 3.05) is 18.5 Å². The van der Waals surface area contributed by atoms with Crippen LogP contribution < -0.4 is 10.6 Å². The third kappa shape index (κ3) is 3.45. The van der Waals surface area contributed by atoms with Crippen LogP contribution in [-0.4, -0.2) is 36.4 Å². The monoisotopic (exact) mass is 346 g/mol. The molecule has 3 N–H and O–H groups in total. The molecule has 20 heavy (non-hydrogen) atoms. The van der Waals surface area contributed by atoms with E-state index in [9.17, 15) is 14.0 Å². The number of benzene rings is 1. The van der Waals surface area contributed by atoms with Gasteiger partial charge in [0.15, 0.2) is 0 Å². The molecule has 1 heterocycles. The average molecular weight is 347 g/mol. The van der Waals surface area contributed by atoms with E-state index in [4.69, 9.17) is 9.84 Å². The topological polar surface area (TPSA) is 87.7 Å². The number of urea groups is 1. The Hall–Kier alpha value is -1.67. The van der Waals surface area contributed by atoms with Crippen LogP contribution in [-0.2, 0) is 9.53 Å². The molecule has 2 amide bonds. The fourth-order valence-electron chi connectivity index (χ4n) is 1.86. The summed E-state index contributed by atoms with van der Waals surface area (Å²) in [7, 11) is 0. The molecule has 1 aliphatic heterocycles. The number of hydrogen-bond acceptors (Lipinski definition) is 3. The molecule has 2 atom stereocenters. The van der Waals surface area contributed by atoms with Crippen molar-refractivity contribution in [1.29, 1.82) is 0 Å². The molecule has 1 aromatic rings. The summed E-state index contributed by atoms with van der Waals surface area (Å²) < 4.78 is 18.6. The van der Waals surface area contributed by atoms with Gasteiger partial charge in [0.1, 0.15) is 11.7 Å². The number of carboxylic acid groups (broad SMARTS) is 1. The van der Waals surface area contributed by atoms with Gasteiger partial charge >= 0.3 is 12.0 Å². The van der Waals surface area contributed by atoms with Gasteiger partial charge in [0.05, 0.1) is 24.9 Å². The predicted octanol–water partition coefficient (Wildman–Crippen LogP) is 1.81. The third-order valence-electron chi connectivity index (χ3n) is 2.89. The molecule has 0 saturated carbocycles. The van der Waals surface area contributed by atoms with E-state index in [2.05, 4.69) is 26.6 Å². The van der Waals surface area contributed by atoms with Crippen molar-refractivity contribution in [2.45, 2.75) is 6.04 Å². The first-order chi connectivity index (χ1) is 9.47. The van der Waals surface area contributed by atoms with E-state index >= 15 is 0 Å². The maximum Gasteiger partial charge on any atom is 0.319 e. The minimum absolute atomic E-state index is 0.0595. The first-order valence-corrected chi connectivity index (χ1v) is 6.60. The number of aliphatic carboxylic acids is 1. The second kappa shape index (κ2) is 6.19. The van der Waals surface area contributed by atoms with E-state index in [-0.39, 0.29) is 18.9 Å². The Kier molecular flexibility index (Phi) is 4.56. The van der Waals surface area contributed by atoms with Crippen LogP contribution in [0.4, 0.5) is 14.9 Å². The number of carbonyl (C=O) groups excluding carboxylic acids is 1. The zero-order valence-electron chi connectivity index (χ0n) is 10.2. The molecule has 1 aromatic carbocycles. The summed E-state index contributed by atoms with van der Waals surface area (Å²) in [5.74, 6) is -2.30. The van der Waals surface area contributed by atoms with Gasteiger partial charge in [-0.3, -0.25) is 4.79 Å². The van der Waals surface area contributed by atoms with Crippen LogP contribution >= 0.6 is 15.9 Å². The highest BCUT2D eigenvalue weighted by Crippen LogP contribution is 2.23. The molecule has 0 radical (unpaired) electrons. The van der Waals surface area contributed by atoms with Crippen LogP contribution in [0.5, 0.6) is 0 Å². The zero-order valence-corrected chi connectivity index (χ0v) is 11.8. The van der Waals surface area contributed by atoms with E-state index in [0.717, 1.165) is 6.07 Å². The summed E-state index contributed by atoms with van der Waals surface area (Å²) in [5.41, 5.74) is 0.258. The average Bonchev–Trinajstić information content (AvgIpc) is 2.82. The van der Waals surface area contributed by atoms with Gasteiger partial charge in [-0.05, 0) is 34.1 Å². The van der Waals surface area contributed by atoms with Crippen LogP contribution in [0.3, 0.4) is 0 Å². The number of hydrogen-bond donors (Lipinski definition) is 3. The number of carboxylic acids is 1. The number of carbonyl (C=O) groups is 2. The number of amides is 2. The molecule has 6 nitrogen and oxygen atoms in total. The van der Waals surface area contributed by atoms with Gasteiger partial charge < -0.3 is 20.5 Å². The van der Waals surface area contributed by atoms with Crippen LogP contribution in [0.1, 0.15) is 0 Å². The van der Waals surface area contributed by atoms with Crippen molar-refractivity contribution in [1.82, 2.24) is 5.32 Å². The van der Waals surface area contributed by atoms with E-state index in [1.54, 1.807) is 0 Å². The van der Waals surface area contributed by atoms with Crippen molar-refractivity contribution in [2.24, 2.45) is 5.92 Å². The lowest BCUT2D eigenvalue weighted by atomic mass is 10.0. The molecule has 8 heteroatoms. The Labute approximate surface area is 122 Å². The number of rotatable bonds is 3. The van der Waals surface area contributed by atoms with Crippen molar-refractivity contribution in [3.63, 3.8) is 0 Å². The standard InChI is InChI=1S/C12H12BrFN2O4/c13-8-2-1-6(14)3-9(8)15-12(19)16-10-5-20-4-7(10)11(17)18/h1-3,7,10H,4-5H2,(H,17,18)(H2,15,16,19). The Morgan fingerprint density at radius 3 is 2.85 bits per heavy atom. The van der Waals surface area contributed by atoms with Crippen LogP contribution in [0.15, 0.2) is 22.7 Å². The predicted molar refractivity (Wildman–Crippen MR) is 72.0 cm³/mol. The molecule has 1 saturated heterocycles. The summed E-state index contributed by atoms with van der Waals surface area (Å²) in [4.78, 5) is 22.7. The van der Waals surface area contributed by atoms with Gasteiger partial charge in [0.2, 0.25) is 0 Å². The number of anilines is 1. The van der Waals surface area contributed by atoms with E-state index in [1.165, 1.54) is 12.1 Å². The molecule has 108 valence electrons. The lowest BCUT2D eigenvalue weighted by Crippen LogP contribution is -2.44. The number of nitrogens with one attached hydrogen (secondary N) is 2. The SMILES string of the molecule is O=C(Nc1cc(F)ccc1Br)NC1COCC1C(=O)O. The third-order valence-corrected chi connectivity index (χ3v) is 3.58. The molecule has 0 aliphatic carbocycles. The second-order valence-corrected chi connectivity index (χ2v) is 5.17. The highest BCUT2D eigenvalue weighted by molar-refractivity contribution is 9.10. The number of halogens is 2. The Morgan fingerprint density at radius 2 is 2.15 bits per heavy atom. The molecular formula is C12H12BrFN2O4.